The summed E-state index contributed by atoms with van der Waals surface area (Å²) in [6.45, 7) is 3.67. The van der Waals surface area contributed by atoms with Gasteiger partial charge in [0.15, 0.2) is 7.28 Å². The smallest absolute Gasteiger partial charge is 0.238 e. The van der Waals surface area contributed by atoms with Crippen molar-refractivity contribution in [3.8, 4) is 0 Å². The highest BCUT2D eigenvalue weighted by atomic mass is 16.2. The molecular formula is C26H30BN3O. The van der Waals surface area contributed by atoms with E-state index in [-0.39, 0.29) is 5.91 Å². The van der Waals surface area contributed by atoms with Gasteiger partial charge in [-0.2, -0.15) is 0 Å². The van der Waals surface area contributed by atoms with Crippen molar-refractivity contribution >= 4 is 13.2 Å². The first-order valence-corrected chi connectivity index (χ1v) is 11.2. The second-order valence-electron chi connectivity index (χ2n) is 8.19. The molecule has 3 aromatic rings. The maximum Gasteiger partial charge on any atom is 0.238 e. The molecule has 1 saturated heterocycles. The Morgan fingerprint density at radius 1 is 0.774 bits per heavy atom. The molecule has 4 nitrogen and oxygen atoms in total. The molecular weight excluding hydrogens is 381 g/mol. The van der Waals surface area contributed by atoms with Gasteiger partial charge in [0, 0.05) is 26.2 Å². The van der Waals surface area contributed by atoms with E-state index >= 15 is 0 Å². The van der Waals surface area contributed by atoms with Crippen LogP contribution in [0.3, 0.4) is 0 Å². The Morgan fingerprint density at radius 2 is 1.29 bits per heavy atom. The van der Waals surface area contributed by atoms with Gasteiger partial charge in [0.2, 0.25) is 5.91 Å². The number of hydrogen-bond donors (Lipinski definition) is 1. The fourth-order valence-electron chi connectivity index (χ4n) is 4.29. The van der Waals surface area contributed by atoms with E-state index in [1.54, 1.807) is 0 Å². The first-order valence-electron chi connectivity index (χ1n) is 11.2. The summed E-state index contributed by atoms with van der Waals surface area (Å²) in [6, 6.07) is 31.5. The van der Waals surface area contributed by atoms with Gasteiger partial charge in [-0.1, -0.05) is 91.0 Å². The molecule has 1 aliphatic rings. The molecule has 0 aromatic heterocycles. The second-order valence-corrected chi connectivity index (χ2v) is 8.19. The van der Waals surface area contributed by atoms with Gasteiger partial charge in [-0.05, 0) is 29.0 Å². The Labute approximate surface area is 186 Å². The van der Waals surface area contributed by atoms with Crippen molar-refractivity contribution in [1.82, 2.24) is 15.3 Å². The third-order valence-corrected chi connectivity index (χ3v) is 6.00. The number of nitrogens with zero attached hydrogens (tertiary/aromatic N) is 2. The lowest BCUT2D eigenvalue weighted by Crippen LogP contribution is -2.54. The van der Waals surface area contributed by atoms with Crippen LogP contribution in [0.1, 0.15) is 22.5 Å². The Bertz CT molecular complexity index is 889. The first-order chi connectivity index (χ1) is 15.3. The van der Waals surface area contributed by atoms with Crippen LogP contribution in [-0.4, -0.2) is 55.7 Å². The third kappa shape index (κ3) is 6.30. The third-order valence-electron chi connectivity index (χ3n) is 6.00. The van der Waals surface area contributed by atoms with Gasteiger partial charge in [-0.15, -0.1) is 0 Å². The van der Waals surface area contributed by atoms with Crippen molar-refractivity contribution < 1.29 is 4.79 Å². The predicted octanol–water partition coefficient (Wildman–Crippen LogP) is 3.06. The molecule has 1 aliphatic heterocycles. The van der Waals surface area contributed by atoms with Gasteiger partial charge in [0.25, 0.3) is 0 Å². The van der Waals surface area contributed by atoms with Crippen LogP contribution in [0.25, 0.3) is 0 Å². The zero-order chi connectivity index (χ0) is 21.3. The van der Waals surface area contributed by atoms with Crippen molar-refractivity contribution in [3.63, 3.8) is 0 Å². The minimum atomic E-state index is 0.0628. The summed E-state index contributed by atoms with van der Waals surface area (Å²) >= 11 is 0. The highest BCUT2D eigenvalue weighted by molar-refractivity contribution is 6.39. The minimum absolute atomic E-state index is 0.0628. The lowest BCUT2D eigenvalue weighted by Gasteiger charge is -2.35. The summed E-state index contributed by atoms with van der Waals surface area (Å²) in [5.74, 6) is 0.471. The number of nitrogens with one attached hydrogen (secondary N) is 1. The molecule has 0 unspecified atom stereocenters. The molecule has 158 valence electrons. The SMILES string of the molecule is O=C(Cc1ccccc1)NN1CCN(CBC(c2ccccc2)c2ccccc2)CC1. The number of carbonyl (C=O) groups excluding carboxylic acids is 1. The summed E-state index contributed by atoms with van der Waals surface area (Å²) < 4.78 is 0. The van der Waals surface area contributed by atoms with E-state index in [1.165, 1.54) is 11.1 Å². The predicted molar refractivity (Wildman–Crippen MR) is 128 cm³/mol. The van der Waals surface area contributed by atoms with Gasteiger partial charge in [-0.3, -0.25) is 10.2 Å². The van der Waals surface area contributed by atoms with Crippen LogP contribution in [0.15, 0.2) is 91.0 Å². The molecule has 1 N–H and O–H groups in total. The molecule has 1 amide bonds. The maximum atomic E-state index is 12.3. The maximum absolute atomic E-state index is 12.3. The average molecular weight is 411 g/mol. The van der Waals surface area contributed by atoms with Crippen LogP contribution in [-0.2, 0) is 11.2 Å². The fourth-order valence-corrected chi connectivity index (χ4v) is 4.29. The number of hydrogen-bond acceptors (Lipinski definition) is 3. The standard InChI is InChI=1S/C26H30BN3O/c31-25(20-22-10-4-1-5-11-22)28-30-18-16-29(17-19-30)21-27-26(23-12-6-2-7-13-23)24-14-8-3-9-15-24/h1-15,26-27H,16-21H2,(H,28,31). The molecule has 0 spiro atoms. The summed E-state index contributed by atoms with van der Waals surface area (Å²) in [4.78, 5) is 14.8. The summed E-state index contributed by atoms with van der Waals surface area (Å²) in [5, 5.41) is 2.06. The van der Waals surface area contributed by atoms with E-state index < -0.39 is 0 Å². The topological polar surface area (TPSA) is 35.6 Å². The van der Waals surface area contributed by atoms with Crippen LogP contribution in [0.2, 0.25) is 0 Å². The molecule has 5 heteroatoms. The molecule has 0 aliphatic carbocycles. The Balaban J connectivity index is 1.26. The van der Waals surface area contributed by atoms with Crippen molar-refractivity contribution in [2.24, 2.45) is 0 Å². The molecule has 31 heavy (non-hydrogen) atoms. The molecule has 1 heterocycles. The number of amides is 1. The van der Waals surface area contributed by atoms with Crippen molar-refractivity contribution in [2.75, 3.05) is 32.6 Å². The molecule has 3 aromatic carbocycles. The monoisotopic (exact) mass is 411 g/mol. The van der Waals surface area contributed by atoms with E-state index in [4.69, 9.17) is 0 Å². The average Bonchev–Trinajstić information content (AvgIpc) is 2.82. The largest absolute Gasteiger partial charge is 0.308 e. The van der Waals surface area contributed by atoms with Crippen LogP contribution in [0, 0.1) is 0 Å². The van der Waals surface area contributed by atoms with E-state index in [1.807, 2.05) is 30.3 Å². The number of piperazine rings is 1. The lowest BCUT2D eigenvalue weighted by molar-refractivity contribution is -0.126. The zero-order valence-corrected chi connectivity index (χ0v) is 18.0. The Hall–Kier alpha value is -2.89. The van der Waals surface area contributed by atoms with Gasteiger partial charge >= 0.3 is 0 Å². The normalized spacial score (nSPS) is 15.0. The molecule has 0 atom stereocenters. The highest BCUT2D eigenvalue weighted by Gasteiger charge is 2.21. The molecule has 4 rings (SSSR count). The van der Waals surface area contributed by atoms with Gasteiger partial charge in [-0.25, -0.2) is 5.01 Å². The first kappa shape index (κ1) is 21.4. The Kier molecular flexibility index (Phi) is 7.53. The fraction of sp³-hybridized carbons (Fsp3) is 0.269. The van der Waals surface area contributed by atoms with Crippen molar-refractivity contribution in [1.29, 1.82) is 0 Å². The van der Waals surface area contributed by atoms with Crippen molar-refractivity contribution in [3.05, 3.63) is 108 Å². The second kappa shape index (κ2) is 10.9. The van der Waals surface area contributed by atoms with Crippen molar-refractivity contribution in [2.45, 2.75) is 12.2 Å². The molecule has 0 saturated carbocycles. The van der Waals surface area contributed by atoms with E-state index in [9.17, 15) is 4.79 Å². The van der Waals surface area contributed by atoms with Gasteiger partial charge < -0.3 is 4.90 Å². The van der Waals surface area contributed by atoms with E-state index in [2.05, 4.69) is 76.0 Å². The molecule has 0 radical (unpaired) electrons. The van der Waals surface area contributed by atoms with E-state index in [0.717, 1.165) is 45.5 Å². The van der Waals surface area contributed by atoms with Crippen LogP contribution in [0.4, 0.5) is 0 Å². The number of carbonyl (C=O) groups is 1. The summed E-state index contributed by atoms with van der Waals surface area (Å²) in [6.07, 6.45) is 1.48. The van der Waals surface area contributed by atoms with E-state index in [0.29, 0.717) is 12.2 Å². The summed E-state index contributed by atoms with van der Waals surface area (Å²) in [5.41, 5.74) is 6.87. The molecule has 1 fully saturated rings. The Morgan fingerprint density at radius 3 is 1.84 bits per heavy atom. The van der Waals surface area contributed by atoms with Crippen LogP contribution < -0.4 is 5.43 Å². The quantitative estimate of drug-likeness (QED) is 0.579. The number of hydrazine groups is 1. The van der Waals surface area contributed by atoms with Crippen LogP contribution in [0.5, 0.6) is 0 Å². The van der Waals surface area contributed by atoms with Gasteiger partial charge in [0.1, 0.15) is 0 Å². The van der Waals surface area contributed by atoms with Crippen LogP contribution >= 0.6 is 0 Å². The highest BCUT2D eigenvalue weighted by Crippen LogP contribution is 2.23. The number of benzene rings is 3. The summed E-state index contributed by atoms with van der Waals surface area (Å²) in [7, 11) is 1.09. The minimum Gasteiger partial charge on any atom is -0.308 e. The van der Waals surface area contributed by atoms with Gasteiger partial charge in [0.05, 0.1) is 6.42 Å². The molecule has 0 bridgehead atoms. The zero-order valence-electron chi connectivity index (χ0n) is 18.0. The number of rotatable bonds is 8. The lowest BCUT2D eigenvalue weighted by atomic mass is 9.58.